The summed E-state index contributed by atoms with van der Waals surface area (Å²) in [6, 6.07) is 1.47. The number of carbonyl (C=O) groups is 1. The number of hydrogen-bond acceptors (Lipinski definition) is 9. The van der Waals surface area contributed by atoms with Crippen molar-refractivity contribution >= 4 is 27.5 Å². The zero-order valence-electron chi connectivity index (χ0n) is 22.8. The van der Waals surface area contributed by atoms with Crippen LogP contribution in [0.2, 0.25) is 0 Å². The first kappa shape index (κ1) is 26.9. The topological polar surface area (TPSA) is 137 Å². The van der Waals surface area contributed by atoms with Gasteiger partial charge in [0.2, 0.25) is 0 Å². The van der Waals surface area contributed by atoms with Gasteiger partial charge in [-0.15, -0.1) is 11.3 Å². The highest BCUT2D eigenvalue weighted by atomic mass is 32.1. The van der Waals surface area contributed by atoms with E-state index in [1.807, 2.05) is 34.6 Å². The van der Waals surface area contributed by atoms with E-state index in [0.29, 0.717) is 22.1 Å². The smallest absolute Gasteiger partial charge is 0.332 e. The second-order valence-corrected chi connectivity index (χ2v) is 11.3. The maximum atomic E-state index is 14.0. The van der Waals surface area contributed by atoms with Crippen molar-refractivity contribution in [1.29, 1.82) is 0 Å². The van der Waals surface area contributed by atoms with Crippen molar-refractivity contribution in [3.05, 3.63) is 66.7 Å². The first-order chi connectivity index (χ1) is 18.5. The molecule has 0 spiro atoms. The van der Waals surface area contributed by atoms with Gasteiger partial charge in [0.05, 0.1) is 23.2 Å². The van der Waals surface area contributed by atoms with Crippen molar-refractivity contribution in [2.75, 3.05) is 13.2 Å². The molecular weight excluding hydrogens is 522 g/mol. The van der Waals surface area contributed by atoms with Crippen molar-refractivity contribution in [1.82, 2.24) is 33.9 Å². The van der Waals surface area contributed by atoms with Gasteiger partial charge in [-0.25, -0.2) is 24.5 Å². The van der Waals surface area contributed by atoms with Gasteiger partial charge < -0.3 is 5.11 Å². The number of rotatable bonds is 6. The molecule has 0 aromatic carbocycles. The molecule has 0 radical (unpaired) electrons. The van der Waals surface area contributed by atoms with Crippen LogP contribution in [0.15, 0.2) is 28.0 Å². The van der Waals surface area contributed by atoms with Gasteiger partial charge >= 0.3 is 5.69 Å². The maximum Gasteiger partial charge on any atom is 0.332 e. The standard InChI is InChI=1S/C26H31N7O5S/c1-7-26(37)12-31(38-13-26)22(35)19-18(39-23-20(19)21(34)30(6)25(36)32(23)14(2)3)11-17-15(4)29-33(16(17)5)24-27-9-8-10-28-24/h8-10,14,37H,7,11-13H2,1-6H3/t26-/m0/s1. The lowest BCUT2D eigenvalue weighted by Gasteiger charge is -2.18. The van der Waals surface area contributed by atoms with Crippen LogP contribution in [-0.4, -0.2) is 63.7 Å². The number of aromatic nitrogens is 6. The SMILES string of the molecule is CC[C@@]1(O)CON(C(=O)c2c(Cc3c(C)nn(-c4ncccn4)c3C)sc3c2c(=O)n(C)c(=O)n3C(C)C)C1. The first-order valence-electron chi connectivity index (χ1n) is 12.7. The average Bonchev–Trinajstić information content (AvgIpc) is 3.57. The number of aryl methyl sites for hydroxylation is 1. The fraction of sp³-hybridized carbons (Fsp3) is 0.462. The van der Waals surface area contributed by atoms with E-state index in [9.17, 15) is 19.5 Å². The number of hydroxylamine groups is 2. The minimum Gasteiger partial charge on any atom is -0.385 e. The molecule has 12 nitrogen and oxygen atoms in total. The van der Waals surface area contributed by atoms with E-state index in [1.54, 1.807) is 23.1 Å². The molecule has 1 fully saturated rings. The van der Waals surface area contributed by atoms with Crippen LogP contribution < -0.4 is 11.2 Å². The fourth-order valence-corrected chi connectivity index (χ4v) is 6.27. The zero-order valence-corrected chi connectivity index (χ0v) is 23.6. The molecule has 0 unspecified atom stereocenters. The molecule has 1 aliphatic rings. The number of fused-ring (bicyclic) bond motifs is 1. The number of nitrogens with zero attached hydrogens (tertiary/aromatic N) is 7. The summed E-state index contributed by atoms with van der Waals surface area (Å²) < 4.78 is 4.22. The van der Waals surface area contributed by atoms with Crippen molar-refractivity contribution in [3.63, 3.8) is 0 Å². The van der Waals surface area contributed by atoms with Gasteiger partial charge in [0.15, 0.2) is 0 Å². The minimum atomic E-state index is -1.17. The van der Waals surface area contributed by atoms with E-state index in [4.69, 9.17) is 4.84 Å². The third-order valence-corrected chi connectivity index (χ3v) is 8.44. The Kier molecular flexibility index (Phi) is 6.77. The molecule has 1 saturated heterocycles. The van der Waals surface area contributed by atoms with Gasteiger partial charge in [0.25, 0.3) is 17.4 Å². The molecule has 0 aliphatic carbocycles. The molecule has 5 rings (SSSR count). The third kappa shape index (κ3) is 4.39. The van der Waals surface area contributed by atoms with Gasteiger partial charge in [-0.1, -0.05) is 6.92 Å². The predicted octanol–water partition coefficient (Wildman–Crippen LogP) is 2.05. The van der Waals surface area contributed by atoms with Gasteiger partial charge in [-0.2, -0.15) is 5.10 Å². The molecule has 0 saturated carbocycles. The van der Waals surface area contributed by atoms with E-state index in [1.165, 1.54) is 23.0 Å². The van der Waals surface area contributed by atoms with Crippen LogP contribution in [0.5, 0.6) is 0 Å². The Morgan fingerprint density at radius 3 is 2.54 bits per heavy atom. The molecular formula is C26H31N7O5S. The minimum absolute atomic E-state index is 0.0232. The van der Waals surface area contributed by atoms with Crippen LogP contribution >= 0.6 is 11.3 Å². The number of carbonyl (C=O) groups excluding carboxylic acids is 1. The van der Waals surface area contributed by atoms with Crippen LogP contribution in [0.25, 0.3) is 16.2 Å². The Balaban J connectivity index is 1.72. The second kappa shape index (κ2) is 9.81. The Hall–Kier alpha value is -3.68. The monoisotopic (exact) mass is 553 g/mol. The van der Waals surface area contributed by atoms with Crippen LogP contribution in [0.4, 0.5) is 0 Å². The number of amides is 1. The Morgan fingerprint density at radius 1 is 1.23 bits per heavy atom. The lowest BCUT2D eigenvalue weighted by atomic mass is 10.0. The summed E-state index contributed by atoms with van der Waals surface area (Å²) in [4.78, 5) is 55.8. The number of aliphatic hydroxyl groups is 1. The van der Waals surface area contributed by atoms with E-state index < -0.39 is 22.8 Å². The summed E-state index contributed by atoms with van der Waals surface area (Å²) in [6.45, 7) is 9.25. The molecule has 1 aliphatic heterocycles. The molecule has 1 atom stereocenters. The molecule has 1 N–H and O–H groups in total. The summed E-state index contributed by atoms with van der Waals surface area (Å²) in [5, 5.41) is 16.6. The quantitative estimate of drug-likeness (QED) is 0.383. The molecule has 5 heterocycles. The maximum absolute atomic E-state index is 14.0. The molecule has 4 aromatic heterocycles. The number of thiophene rings is 1. The summed E-state index contributed by atoms with van der Waals surface area (Å²) in [5.41, 5.74) is 0.372. The van der Waals surface area contributed by atoms with Crippen LogP contribution in [0.3, 0.4) is 0 Å². The highest BCUT2D eigenvalue weighted by Crippen LogP contribution is 2.35. The van der Waals surface area contributed by atoms with Crippen LogP contribution in [-0.2, 0) is 18.3 Å². The Morgan fingerprint density at radius 2 is 1.92 bits per heavy atom. The molecule has 0 bridgehead atoms. The van der Waals surface area contributed by atoms with Gasteiger partial charge in [0, 0.05) is 48.0 Å². The predicted molar refractivity (Wildman–Crippen MR) is 145 cm³/mol. The van der Waals surface area contributed by atoms with Crippen molar-refractivity contribution in [3.8, 4) is 5.95 Å². The molecule has 39 heavy (non-hydrogen) atoms. The Bertz CT molecular complexity index is 1700. The number of hydrogen-bond donors (Lipinski definition) is 1. The molecule has 206 valence electrons. The average molecular weight is 554 g/mol. The van der Waals surface area contributed by atoms with E-state index >= 15 is 0 Å². The van der Waals surface area contributed by atoms with Gasteiger partial charge in [-0.3, -0.25) is 23.6 Å². The van der Waals surface area contributed by atoms with Crippen LogP contribution in [0.1, 0.15) is 65.4 Å². The second-order valence-electron chi connectivity index (χ2n) is 10.2. The first-order valence-corrected chi connectivity index (χ1v) is 13.6. The lowest BCUT2D eigenvalue weighted by molar-refractivity contribution is -0.0803. The summed E-state index contributed by atoms with van der Waals surface area (Å²) in [5.74, 6) is -0.107. The normalized spacial score (nSPS) is 17.6. The van der Waals surface area contributed by atoms with E-state index in [2.05, 4.69) is 15.1 Å². The summed E-state index contributed by atoms with van der Waals surface area (Å²) in [7, 11) is 1.41. The van der Waals surface area contributed by atoms with E-state index in [-0.39, 0.29) is 36.6 Å². The van der Waals surface area contributed by atoms with E-state index in [0.717, 1.165) is 26.6 Å². The zero-order chi connectivity index (χ0) is 28.2. The van der Waals surface area contributed by atoms with Gasteiger partial charge in [0.1, 0.15) is 17.0 Å². The fourth-order valence-electron chi connectivity index (χ4n) is 4.85. The lowest BCUT2D eigenvalue weighted by Crippen LogP contribution is -2.40. The van der Waals surface area contributed by atoms with Crippen molar-refractivity contribution < 1.29 is 14.7 Å². The summed E-state index contributed by atoms with van der Waals surface area (Å²) >= 11 is 1.24. The highest BCUT2D eigenvalue weighted by molar-refractivity contribution is 7.19. The van der Waals surface area contributed by atoms with Gasteiger partial charge in [-0.05, 0) is 40.2 Å². The van der Waals surface area contributed by atoms with Crippen molar-refractivity contribution in [2.24, 2.45) is 7.05 Å². The summed E-state index contributed by atoms with van der Waals surface area (Å²) in [6.07, 6.45) is 3.96. The van der Waals surface area contributed by atoms with Crippen molar-refractivity contribution in [2.45, 2.75) is 59.1 Å². The van der Waals surface area contributed by atoms with Crippen LogP contribution in [0, 0.1) is 13.8 Å². The Labute approximate surface area is 228 Å². The molecule has 1 amide bonds. The highest BCUT2D eigenvalue weighted by Gasteiger charge is 2.41. The molecule has 13 heteroatoms. The largest absolute Gasteiger partial charge is 0.385 e. The number of β-amino-alcohol motifs (C(OH)–C–C–N with tert-alkyl or cyclic N) is 1. The molecule has 4 aromatic rings. The third-order valence-electron chi connectivity index (χ3n) is 7.25.